The molecule has 2 aromatic rings. The highest BCUT2D eigenvalue weighted by atomic mass is 35.5. The average Bonchev–Trinajstić information content (AvgIpc) is 2.75. The lowest BCUT2D eigenvalue weighted by Crippen LogP contribution is -2.46. The molecule has 5 nitrogen and oxygen atoms in total. The highest BCUT2D eigenvalue weighted by molar-refractivity contribution is 6.51. The molecule has 0 bridgehead atoms. The van der Waals surface area contributed by atoms with Crippen LogP contribution in [0, 0.1) is 0 Å². The number of hydrogen-bond donors (Lipinski definition) is 1. The van der Waals surface area contributed by atoms with Crippen LogP contribution in [0.1, 0.15) is 35.2 Å². The van der Waals surface area contributed by atoms with Crippen LogP contribution in [-0.4, -0.2) is 34.8 Å². The van der Waals surface area contributed by atoms with Gasteiger partial charge in [-0.05, 0) is 37.0 Å². The topological polar surface area (TPSA) is 66.6 Å². The van der Waals surface area contributed by atoms with Gasteiger partial charge in [0.25, 0.3) is 11.8 Å². The van der Waals surface area contributed by atoms with Crippen molar-refractivity contribution in [2.24, 2.45) is 5.84 Å². The van der Waals surface area contributed by atoms with E-state index in [1.54, 1.807) is 41.3 Å². The first-order valence-electron chi connectivity index (χ1n) is 8.98. The molecular weight excluding hydrogens is 362 g/mol. The fraction of sp³-hybridized carbons (Fsp3) is 0.238. The number of benzene rings is 2. The zero-order valence-electron chi connectivity index (χ0n) is 15.0. The summed E-state index contributed by atoms with van der Waals surface area (Å²) in [6.45, 7) is 1.27. The van der Waals surface area contributed by atoms with Gasteiger partial charge in [0, 0.05) is 18.7 Å². The monoisotopic (exact) mass is 383 g/mol. The molecule has 0 radical (unpaired) electrons. The summed E-state index contributed by atoms with van der Waals surface area (Å²) in [4.78, 5) is 27.8. The number of hydrazine groups is 1. The van der Waals surface area contributed by atoms with E-state index in [2.05, 4.69) is 0 Å². The Hall–Kier alpha value is -2.63. The second-order valence-electron chi connectivity index (χ2n) is 6.42. The summed E-state index contributed by atoms with van der Waals surface area (Å²) in [5.41, 5.74) is 1.02. The van der Waals surface area contributed by atoms with Gasteiger partial charge in [-0.2, -0.15) is 0 Å². The van der Waals surface area contributed by atoms with Crippen LogP contribution in [-0.2, 0) is 4.79 Å². The molecule has 2 amide bonds. The highest BCUT2D eigenvalue weighted by Crippen LogP contribution is 2.27. The predicted octanol–water partition coefficient (Wildman–Crippen LogP) is 3.62. The average molecular weight is 384 g/mol. The van der Waals surface area contributed by atoms with Gasteiger partial charge in [-0.1, -0.05) is 60.1 Å². The number of rotatable bonds is 4. The molecule has 0 aromatic heterocycles. The van der Waals surface area contributed by atoms with E-state index in [4.69, 9.17) is 17.4 Å². The van der Waals surface area contributed by atoms with Gasteiger partial charge in [-0.25, -0.2) is 10.9 Å². The number of piperidine rings is 1. The van der Waals surface area contributed by atoms with E-state index < -0.39 is 5.91 Å². The Balaban J connectivity index is 2.01. The normalized spacial score (nSPS) is 15.1. The van der Waals surface area contributed by atoms with Crippen LogP contribution in [0.25, 0.3) is 5.03 Å². The molecule has 0 saturated carbocycles. The van der Waals surface area contributed by atoms with Gasteiger partial charge in [0.15, 0.2) is 0 Å². The Kier molecular flexibility index (Phi) is 6.27. The summed E-state index contributed by atoms with van der Waals surface area (Å²) in [6, 6.07) is 17.7. The number of nitrogens with zero attached hydrogens (tertiary/aromatic N) is 2. The fourth-order valence-electron chi connectivity index (χ4n) is 3.09. The molecule has 1 saturated heterocycles. The minimum absolute atomic E-state index is 0.00128. The molecule has 27 heavy (non-hydrogen) atoms. The zero-order chi connectivity index (χ0) is 19.2. The van der Waals surface area contributed by atoms with Gasteiger partial charge in [-0.3, -0.25) is 9.59 Å². The molecule has 2 aromatic carbocycles. The van der Waals surface area contributed by atoms with Gasteiger partial charge >= 0.3 is 0 Å². The number of halogens is 1. The largest absolute Gasteiger partial charge is 0.337 e. The SMILES string of the molecule is NN(C(=O)c1ccccc1)/C(C(=O)N1CCCCC1)=C(/Cl)c1ccccc1. The summed E-state index contributed by atoms with van der Waals surface area (Å²) in [5.74, 6) is 5.33. The van der Waals surface area contributed by atoms with Crippen molar-refractivity contribution in [3.8, 4) is 0 Å². The Morgan fingerprint density at radius 1 is 0.852 bits per heavy atom. The molecule has 1 fully saturated rings. The Morgan fingerprint density at radius 3 is 1.93 bits per heavy atom. The maximum Gasteiger partial charge on any atom is 0.273 e. The van der Waals surface area contributed by atoms with Crippen LogP contribution in [0.2, 0.25) is 0 Å². The number of carbonyl (C=O) groups excluding carboxylic acids is 2. The second-order valence-corrected chi connectivity index (χ2v) is 6.80. The van der Waals surface area contributed by atoms with E-state index in [9.17, 15) is 9.59 Å². The molecule has 6 heteroatoms. The number of carbonyl (C=O) groups is 2. The molecule has 0 spiro atoms. The minimum Gasteiger partial charge on any atom is -0.337 e. The lowest BCUT2D eigenvalue weighted by molar-refractivity contribution is -0.129. The third-order valence-electron chi connectivity index (χ3n) is 4.56. The Morgan fingerprint density at radius 2 is 1.37 bits per heavy atom. The van der Waals surface area contributed by atoms with Crippen LogP contribution in [0.4, 0.5) is 0 Å². The molecule has 140 valence electrons. The molecular formula is C21H22ClN3O2. The van der Waals surface area contributed by atoms with Gasteiger partial charge in [0.2, 0.25) is 0 Å². The fourth-order valence-corrected chi connectivity index (χ4v) is 3.39. The number of likely N-dealkylation sites (tertiary alicyclic amines) is 1. The lowest BCUT2D eigenvalue weighted by Gasteiger charge is -2.30. The lowest BCUT2D eigenvalue weighted by atomic mass is 10.1. The third-order valence-corrected chi connectivity index (χ3v) is 4.96. The van der Waals surface area contributed by atoms with Gasteiger partial charge in [-0.15, -0.1) is 0 Å². The van der Waals surface area contributed by atoms with Crippen molar-refractivity contribution in [2.75, 3.05) is 13.1 Å². The van der Waals surface area contributed by atoms with Gasteiger partial charge < -0.3 is 4.90 Å². The number of amides is 2. The summed E-state index contributed by atoms with van der Waals surface area (Å²) in [6.07, 6.45) is 2.95. The van der Waals surface area contributed by atoms with Crippen molar-refractivity contribution in [1.29, 1.82) is 0 Å². The van der Waals surface area contributed by atoms with Crippen LogP contribution < -0.4 is 5.84 Å². The molecule has 3 rings (SSSR count). The molecule has 2 N–H and O–H groups in total. The van der Waals surface area contributed by atoms with Crippen LogP contribution >= 0.6 is 11.6 Å². The zero-order valence-corrected chi connectivity index (χ0v) is 15.7. The molecule has 0 aliphatic carbocycles. The Bertz CT molecular complexity index is 831. The standard InChI is InChI=1S/C21H22ClN3O2/c22-18(16-10-4-1-5-11-16)19(21(27)24-14-8-3-9-15-24)25(23)20(26)17-12-6-2-7-13-17/h1-2,4-7,10-13H,3,8-9,14-15,23H2/b19-18+. The van der Waals surface area contributed by atoms with Crippen LogP contribution in [0.3, 0.4) is 0 Å². The molecule has 1 aliphatic heterocycles. The summed E-state index contributed by atoms with van der Waals surface area (Å²) in [7, 11) is 0. The predicted molar refractivity (Wildman–Crippen MR) is 106 cm³/mol. The molecule has 0 unspecified atom stereocenters. The summed E-state index contributed by atoms with van der Waals surface area (Å²) in [5, 5.41) is 1.04. The van der Waals surface area contributed by atoms with Crippen molar-refractivity contribution >= 4 is 28.4 Å². The second kappa shape index (κ2) is 8.84. The highest BCUT2D eigenvalue weighted by Gasteiger charge is 2.30. The van der Waals surface area contributed by atoms with Crippen LogP contribution in [0.5, 0.6) is 0 Å². The van der Waals surface area contributed by atoms with Crippen molar-refractivity contribution in [1.82, 2.24) is 9.91 Å². The summed E-state index contributed by atoms with van der Waals surface area (Å²) >= 11 is 6.57. The van der Waals surface area contributed by atoms with Gasteiger partial charge in [0.1, 0.15) is 5.70 Å². The van der Waals surface area contributed by atoms with Crippen molar-refractivity contribution in [3.63, 3.8) is 0 Å². The van der Waals surface area contributed by atoms with Crippen molar-refractivity contribution in [2.45, 2.75) is 19.3 Å². The molecule has 1 aliphatic rings. The first-order valence-corrected chi connectivity index (χ1v) is 9.36. The minimum atomic E-state index is -0.481. The quantitative estimate of drug-likeness (QED) is 0.379. The van der Waals surface area contributed by atoms with E-state index in [0.717, 1.165) is 24.3 Å². The molecule has 0 atom stereocenters. The third kappa shape index (κ3) is 4.38. The van der Waals surface area contributed by atoms with E-state index in [1.807, 2.05) is 24.3 Å². The first kappa shape index (κ1) is 19.1. The van der Waals surface area contributed by atoms with E-state index in [-0.39, 0.29) is 16.6 Å². The van der Waals surface area contributed by atoms with Crippen LogP contribution in [0.15, 0.2) is 66.4 Å². The first-order chi connectivity index (χ1) is 13.1. The summed E-state index contributed by atoms with van der Waals surface area (Å²) < 4.78 is 0. The smallest absolute Gasteiger partial charge is 0.273 e. The van der Waals surface area contributed by atoms with Gasteiger partial charge in [0.05, 0.1) is 5.03 Å². The van der Waals surface area contributed by atoms with E-state index >= 15 is 0 Å². The number of hydrogen-bond acceptors (Lipinski definition) is 3. The van der Waals surface area contributed by atoms with Crippen molar-refractivity contribution < 1.29 is 9.59 Å². The maximum atomic E-state index is 13.2. The number of nitrogens with two attached hydrogens (primary N) is 1. The molecule has 1 heterocycles. The van der Waals surface area contributed by atoms with E-state index in [1.165, 1.54) is 0 Å². The van der Waals surface area contributed by atoms with E-state index in [0.29, 0.717) is 24.2 Å². The van der Waals surface area contributed by atoms with Crippen molar-refractivity contribution in [3.05, 3.63) is 77.5 Å². The maximum absolute atomic E-state index is 13.2. The Labute approximate surface area is 164 Å².